The Balaban J connectivity index is 1.56. The number of hydrogen-bond donors (Lipinski definition) is 0. The summed E-state index contributed by atoms with van der Waals surface area (Å²) in [5.74, 6) is 1.71. The molecule has 2 nitrogen and oxygen atoms in total. The largest absolute Gasteiger partial charge is 0.489 e. The highest BCUT2D eigenvalue weighted by Gasteiger charge is 2.30. The maximum Gasteiger partial charge on any atom is 0.135 e. The van der Waals surface area contributed by atoms with E-state index in [-0.39, 0.29) is 0 Å². The standard InChI is InChI=1S/C39H30O2P2/c1-5-16-30(17-6-1)42(31-18-7-2-8-19-31)36-26-13-24-34-38(36)39-35(41-29-15-28-40-34)25-14-27-37(39)43(32-20-9-3-10-21-32)33-22-11-4-12-23-33/h1-28H,29H2/b28-15-. The first-order valence-corrected chi connectivity index (χ1v) is 17.1. The van der Waals surface area contributed by atoms with Crippen LogP contribution in [0.15, 0.2) is 170 Å². The van der Waals surface area contributed by atoms with E-state index < -0.39 is 15.8 Å². The average Bonchev–Trinajstić information content (AvgIpc) is 3.17. The lowest BCUT2D eigenvalue weighted by atomic mass is 10.0. The van der Waals surface area contributed by atoms with Gasteiger partial charge in [0.1, 0.15) is 18.1 Å². The summed E-state index contributed by atoms with van der Waals surface area (Å²) >= 11 is 0. The van der Waals surface area contributed by atoms with Gasteiger partial charge in [0, 0.05) is 11.1 Å². The number of hydrogen-bond acceptors (Lipinski definition) is 2. The van der Waals surface area contributed by atoms with Crippen LogP contribution in [0.5, 0.6) is 11.5 Å². The summed E-state index contributed by atoms with van der Waals surface area (Å²) in [6.45, 7) is 0.431. The predicted octanol–water partition coefficient (Wildman–Crippen LogP) is 7.15. The van der Waals surface area contributed by atoms with Gasteiger partial charge in [0.25, 0.3) is 0 Å². The Morgan fingerprint density at radius 2 is 0.791 bits per heavy atom. The molecular formula is C39H30O2P2. The van der Waals surface area contributed by atoms with Crippen LogP contribution < -0.4 is 41.3 Å². The molecule has 0 radical (unpaired) electrons. The second-order valence-corrected chi connectivity index (χ2v) is 14.5. The Kier molecular flexibility index (Phi) is 8.15. The van der Waals surface area contributed by atoms with Gasteiger partial charge < -0.3 is 9.47 Å². The van der Waals surface area contributed by atoms with E-state index in [0.29, 0.717) is 6.61 Å². The lowest BCUT2D eigenvalue weighted by Crippen LogP contribution is -2.26. The van der Waals surface area contributed by atoms with Crippen molar-refractivity contribution in [2.24, 2.45) is 0 Å². The predicted molar refractivity (Wildman–Crippen MR) is 185 cm³/mol. The molecule has 0 aliphatic carbocycles. The molecule has 6 aromatic rings. The molecule has 7 rings (SSSR count). The topological polar surface area (TPSA) is 18.5 Å². The quantitative estimate of drug-likeness (QED) is 0.191. The molecule has 0 saturated carbocycles. The minimum Gasteiger partial charge on any atom is -0.489 e. The molecule has 0 amide bonds. The lowest BCUT2D eigenvalue weighted by Gasteiger charge is -2.28. The Bertz CT molecular complexity index is 1760. The zero-order valence-electron chi connectivity index (χ0n) is 23.6. The van der Waals surface area contributed by atoms with Crippen molar-refractivity contribution >= 4 is 47.7 Å². The van der Waals surface area contributed by atoms with E-state index in [9.17, 15) is 0 Å². The Hall–Kier alpha value is -4.48. The molecule has 0 atom stereocenters. The molecule has 0 N–H and O–H groups in total. The fraction of sp³-hybridized carbons (Fsp3) is 0.0256. The lowest BCUT2D eigenvalue weighted by molar-refractivity contribution is 0.361. The van der Waals surface area contributed by atoms with Crippen molar-refractivity contribution in [3.8, 4) is 22.6 Å². The molecule has 0 aromatic heterocycles. The van der Waals surface area contributed by atoms with E-state index in [1.807, 2.05) is 6.08 Å². The first kappa shape index (κ1) is 27.4. The first-order chi connectivity index (χ1) is 21.4. The minimum absolute atomic E-state index is 0.431. The summed E-state index contributed by atoms with van der Waals surface area (Å²) in [4.78, 5) is 0. The van der Waals surface area contributed by atoms with Crippen molar-refractivity contribution in [1.82, 2.24) is 0 Å². The van der Waals surface area contributed by atoms with Crippen LogP contribution in [-0.2, 0) is 0 Å². The van der Waals surface area contributed by atoms with E-state index in [1.165, 1.54) is 31.8 Å². The van der Waals surface area contributed by atoms with Crippen molar-refractivity contribution in [2.45, 2.75) is 0 Å². The highest BCUT2D eigenvalue weighted by molar-refractivity contribution is 7.80. The molecule has 43 heavy (non-hydrogen) atoms. The molecular weight excluding hydrogens is 562 g/mol. The van der Waals surface area contributed by atoms with Crippen LogP contribution in [0.1, 0.15) is 0 Å². The fourth-order valence-electron chi connectivity index (χ4n) is 5.59. The SMILES string of the molecule is C1=C\Oc2cccc(P(c3ccccc3)c3ccccc3)c2-c2c(cccc2P(c2ccccc2)c2ccccc2)OC/1. The van der Waals surface area contributed by atoms with Crippen LogP contribution in [0.2, 0.25) is 0 Å². The molecule has 0 fully saturated rings. The molecule has 0 bridgehead atoms. The maximum atomic E-state index is 6.52. The second kappa shape index (κ2) is 12.8. The van der Waals surface area contributed by atoms with Crippen molar-refractivity contribution < 1.29 is 9.47 Å². The Morgan fingerprint density at radius 3 is 1.23 bits per heavy atom. The van der Waals surface area contributed by atoms with Gasteiger partial charge in [0.15, 0.2) is 0 Å². The van der Waals surface area contributed by atoms with Gasteiger partial charge in [-0.2, -0.15) is 0 Å². The van der Waals surface area contributed by atoms with E-state index in [4.69, 9.17) is 9.47 Å². The molecule has 6 aromatic carbocycles. The van der Waals surface area contributed by atoms with Crippen LogP contribution in [0.25, 0.3) is 11.1 Å². The molecule has 4 heteroatoms. The highest BCUT2D eigenvalue weighted by atomic mass is 31.1. The summed E-state index contributed by atoms with van der Waals surface area (Å²) in [6, 6.07) is 56.5. The summed E-state index contributed by atoms with van der Waals surface area (Å²) in [7, 11) is -1.81. The minimum atomic E-state index is -0.907. The molecule has 1 aliphatic heterocycles. The molecule has 1 aliphatic rings. The van der Waals surface area contributed by atoms with Gasteiger partial charge in [0.05, 0.1) is 6.26 Å². The van der Waals surface area contributed by atoms with E-state index in [0.717, 1.165) is 22.6 Å². The van der Waals surface area contributed by atoms with Crippen LogP contribution in [0.3, 0.4) is 0 Å². The molecule has 208 valence electrons. The number of fused-ring (bicyclic) bond motifs is 3. The van der Waals surface area contributed by atoms with Gasteiger partial charge in [0.2, 0.25) is 0 Å². The number of ether oxygens (including phenoxy) is 2. The van der Waals surface area contributed by atoms with Crippen LogP contribution in [0.4, 0.5) is 0 Å². The van der Waals surface area contributed by atoms with Gasteiger partial charge in [-0.05, 0) is 65.9 Å². The van der Waals surface area contributed by atoms with Crippen molar-refractivity contribution in [3.63, 3.8) is 0 Å². The fourth-order valence-corrected chi connectivity index (χ4v) is 10.5. The third kappa shape index (κ3) is 5.65. The van der Waals surface area contributed by atoms with E-state index in [2.05, 4.69) is 158 Å². The molecule has 0 unspecified atom stereocenters. The van der Waals surface area contributed by atoms with Crippen molar-refractivity contribution in [2.75, 3.05) is 6.61 Å². The zero-order chi connectivity index (χ0) is 28.8. The molecule has 0 saturated heterocycles. The second-order valence-electron chi connectivity index (χ2n) is 10.1. The average molecular weight is 593 g/mol. The van der Waals surface area contributed by atoms with Gasteiger partial charge in [-0.1, -0.05) is 146 Å². The Morgan fingerprint density at radius 1 is 0.395 bits per heavy atom. The van der Waals surface area contributed by atoms with Crippen molar-refractivity contribution in [3.05, 3.63) is 170 Å². The van der Waals surface area contributed by atoms with Crippen LogP contribution in [0, 0.1) is 0 Å². The van der Waals surface area contributed by atoms with Crippen LogP contribution in [-0.4, -0.2) is 6.61 Å². The summed E-state index contributed by atoms with van der Waals surface area (Å²) in [5, 5.41) is 7.67. The molecule has 1 heterocycles. The number of benzene rings is 6. The third-order valence-corrected chi connectivity index (χ3v) is 12.4. The monoisotopic (exact) mass is 592 g/mol. The third-order valence-electron chi connectivity index (χ3n) is 7.42. The van der Waals surface area contributed by atoms with Gasteiger partial charge >= 0.3 is 0 Å². The maximum absolute atomic E-state index is 6.52. The van der Waals surface area contributed by atoms with Gasteiger partial charge in [-0.15, -0.1) is 0 Å². The van der Waals surface area contributed by atoms with Gasteiger partial charge in [-0.25, -0.2) is 0 Å². The molecule has 0 spiro atoms. The summed E-state index contributed by atoms with van der Waals surface area (Å²) in [5.41, 5.74) is 2.20. The van der Waals surface area contributed by atoms with E-state index >= 15 is 0 Å². The van der Waals surface area contributed by atoms with Crippen molar-refractivity contribution in [1.29, 1.82) is 0 Å². The smallest absolute Gasteiger partial charge is 0.135 e. The first-order valence-electron chi connectivity index (χ1n) is 14.4. The van der Waals surface area contributed by atoms with Gasteiger partial charge in [-0.3, -0.25) is 0 Å². The van der Waals surface area contributed by atoms with Crippen LogP contribution >= 0.6 is 15.8 Å². The highest BCUT2D eigenvalue weighted by Crippen LogP contribution is 2.47. The summed E-state index contributed by atoms with van der Waals surface area (Å²) in [6.07, 6.45) is 3.70. The number of rotatable bonds is 6. The van der Waals surface area contributed by atoms with E-state index in [1.54, 1.807) is 6.26 Å². The summed E-state index contributed by atoms with van der Waals surface area (Å²) < 4.78 is 13.0. The Labute approximate surface area is 255 Å². The normalized spacial score (nSPS) is 13.1. The zero-order valence-corrected chi connectivity index (χ0v) is 25.4.